The van der Waals surface area contributed by atoms with Crippen LogP contribution in [0.4, 0.5) is 0 Å². The molecule has 2 heteroatoms. The lowest BCUT2D eigenvalue weighted by Crippen LogP contribution is -2.02. The maximum Gasteiger partial charge on any atom is 0.0653 e. The number of unbranched alkanes of at least 4 members (excludes halogenated alkanes) is 4. The van der Waals surface area contributed by atoms with Gasteiger partial charge in [0.15, 0.2) is 0 Å². The van der Waals surface area contributed by atoms with Crippen molar-refractivity contribution in [2.75, 3.05) is 0 Å². The molecule has 0 bridgehead atoms. The summed E-state index contributed by atoms with van der Waals surface area (Å²) < 4.78 is 0. The van der Waals surface area contributed by atoms with E-state index in [1.807, 2.05) is 13.8 Å². The van der Waals surface area contributed by atoms with Gasteiger partial charge in [0.2, 0.25) is 0 Å². The van der Waals surface area contributed by atoms with Crippen LogP contribution < -0.4 is 0 Å². The summed E-state index contributed by atoms with van der Waals surface area (Å²) in [6.07, 6.45) is 33.0. The van der Waals surface area contributed by atoms with E-state index in [4.69, 9.17) is 23.4 Å². The monoisotopic (exact) mass is 438 g/mol. The van der Waals surface area contributed by atoms with Gasteiger partial charge in [0.05, 0.1) is 12.1 Å². The highest BCUT2D eigenvalue weighted by Gasteiger charge is 2.09. The van der Waals surface area contributed by atoms with Gasteiger partial charge < -0.3 is 0 Å². The van der Waals surface area contributed by atoms with E-state index in [0.29, 0.717) is 0 Å². The van der Waals surface area contributed by atoms with Gasteiger partial charge >= 0.3 is 0 Å². The molecule has 180 valence electrons. The highest BCUT2D eigenvalue weighted by Crippen LogP contribution is 2.17. The smallest absolute Gasteiger partial charge is 0.0653 e. The van der Waals surface area contributed by atoms with Gasteiger partial charge in [-0.1, -0.05) is 57.4 Å². The van der Waals surface area contributed by atoms with Crippen LogP contribution in [-0.2, 0) is 0 Å². The Hall–Kier alpha value is -2.42. The van der Waals surface area contributed by atoms with E-state index in [1.165, 1.54) is 32.1 Å². The lowest BCUT2D eigenvalue weighted by atomic mass is 9.93. The molecule has 0 N–H and O–H groups in total. The van der Waals surface area contributed by atoms with E-state index in [9.17, 15) is 0 Å². The summed E-state index contributed by atoms with van der Waals surface area (Å²) in [6.45, 7) is 8.21. The average Bonchev–Trinajstić information content (AvgIpc) is 2.81. The summed E-state index contributed by atoms with van der Waals surface area (Å²) in [6, 6.07) is 4.46. The Balaban J connectivity index is -0.000000257. The van der Waals surface area contributed by atoms with Crippen molar-refractivity contribution in [2.45, 2.75) is 105 Å². The number of terminal acetylenes is 2. The summed E-state index contributed by atoms with van der Waals surface area (Å²) >= 11 is 0. The highest BCUT2D eigenvalue weighted by atomic mass is 14.3. The Morgan fingerprint density at radius 1 is 0.719 bits per heavy atom. The lowest BCUT2D eigenvalue weighted by Gasteiger charge is -2.09. The number of rotatable bonds is 16. The van der Waals surface area contributed by atoms with Crippen molar-refractivity contribution in [3.05, 3.63) is 24.3 Å². The molecule has 0 aromatic heterocycles. The zero-order valence-electron chi connectivity index (χ0n) is 21.2. The predicted molar refractivity (Wildman–Crippen MR) is 143 cm³/mol. The molecule has 0 radical (unpaired) electrons. The number of allylic oxidation sites excluding steroid dienone is 4. The highest BCUT2D eigenvalue weighted by molar-refractivity contribution is 4.98. The molecule has 0 rings (SSSR count). The standard InChI is InChI=1S/C17H27N.C13H19N.2H2/c1-4-6-7-8-9-10-11-12-13-17(5-2)14-16(3)15-18;1-4-6-7-8-9-13(5-2)10-12(3)11-14;;/h2,10-11,16-17H,4,6-9,12-14H2,1,3H3;2,6-7,12-13H,4,8-10H2,1,3H3;2*1H. The van der Waals surface area contributed by atoms with E-state index in [-0.39, 0.29) is 26.5 Å². The molecule has 32 heavy (non-hydrogen) atoms. The Morgan fingerprint density at radius 3 is 1.59 bits per heavy atom. The maximum atomic E-state index is 8.76. The molecule has 0 saturated heterocycles. The van der Waals surface area contributed by atoms with E-state index in [2.05, 4.69) is 62.1 Å². The van der Waals surface area contributed by atoms with Crippen LogP contribution in [0.1, 0.15) is 108 Å². The van der Waals surface area contributed by atoms with Crippen LogP contribution in [0.5, 0.6) is 0 Å². The fourth-order valence-electron chi connectivity index (χ4n) is 3.30. The average molecular weight is 439 g/mol. The zero-order valence-corrected chi connectivity index (χ0v) is 21.2. The van der Waals surface area contributed by atoms with E-state index < -0.39 is 0 Å². The van der Waals surface area contributed by atoms with E-state index in [1.54, 1.807) is 0 Å². The first-order valence-electron chi connectivity index (χ1n) is 12.5. The van der Waals surface area contributed by atoms with Gasteiger partial charge in [-0.2, -0.15) is 10.5 Å². The molecule has 0 spiro atoms. The first kappa shape index (κ1) is 31.8. The van der Waals surface area contributed by atoms with Crippen LogP contribution in [-0.4, -0.2) is 0 Å². The van der Waals surface area contributed by atoms with Crippen molar-refractivity contribution in [3.63, 3.8) is 0 Å². The second-order valence-corrected chi connectivity index (χ2v) is 8.61. The van der Waals surface area contributed by atoms with Crippen molar-refractivity contribution in [1.29, 1.82) is 10.5 Å². The van der Waals surface area contributed by atoms with Crippen LogP contribution in [0.15, 0.2) is 24.3 Å². The molecule has 0 aliphatic rings. The van der Waals surface area contributed by atoms with Crippen molar-refractivity contribution < 1.29 is 2.85 Å². The van der Waals surface area contributed by atoms with Crippen LogP contribution in [0.2, 0.25) is 0 Å². The fourth-order valence-corrected chi connectivity index (χ4v) is 3.30. The summed E-state index contributed by atoms with van der Waals surface area (Å²) in [5, 5.41) is 17.4. The molecule has 0 fully saturated rings. The molecular formula is C30H50N2. The van der Waals surface area contributed by atoms with Gasteiger partial charge in [0, 0.05) is 26.5 Å². The Labute approximate surface area is 203 Å². The van der Waals surface area contributed by atoms with Crippen LogP contribution >= 0.6 is 0 Å². The molecule has 0 aromatic carbocycles. The minimum absolute atomic E-state index is 0. The summed E-state index contributed by atoms with van der Waals surface area (Å²) in [4.78, 5) is 0. The van der Waals surface area contributed by atoms with Crippen molar-refractivity contribution in [1.82, 2.24) is 0 Å². The van der Waals surface area contributed by atoms with Gasteiger partial charge in [-0.05, 0) is 71.6 Å². The molecule has 0 saturated carbocycles. The summed E-state index contributed by atoms with van der Waals surface area (Å²) in [7, 11) is 0. The number of nitrogens with zero attached hydrogens (tertiary/aromatic N) is 2. The summed E-state index contributed by atoms with van der Waals surface area (Å²) in [5.41, 5.74) is 0. The second-order valence-electron chi connectivity index (χ2n) is 8.61. The van der Waals surface area contributed by atoms with Crippen molar-refractivity contribution in [3.8, 4) is 36.8 Å². The number of hydrogen-bond acceptors (Lipinski definition) is 2. The topological polar surface area (TPSA) is 47.6 Å². The maximum absolute atomic E-state index is 8.76. The van der Waals surface area contributed by atoms with Crippen LogP contribution in [0.3, 0.4) is 0 Å². The third-order valence-corrected chi connectivity index (χ3v) is 5.35. The van der Waals surface area contributed by atoms with Gasteiger partial charge in [0.25, 0.3) is 0 Å². The fraction of sp³-hybridized carbons (Fsp3) is 0.667. The molecule has 4 unspecified atom stereocenters. The quantitative estimate of drug-likeness (QED) is 0.137. The molecule has 0 aromatic rings. The number of nitriles is 2. The van der Waals surface area contributed by atoms with Crippen molar-refractivity contribution >= 4 is 0 Å². The first-order chi connectivity index (χ1) is 15.5. The molecule has 0 heterocycles. The first-order valence-corrected chi connectivity index (χ1v) is 12.5. The van der Waals surface area contributed by atoms with Crippen LogP contribution in [0, 0.1) is 71.0 Å². The molecule has 0 amide bonds. The third kappa shape index (κ3) is 22.3. The van der Waals surface area contributed by atoms with Gasteiger partial charge in [-0.3, -0.25) is 0 Å². The molecule has 0 aliphatic carbocycles. The van der Waals surface area contributed by atoms with Gasteiger partial charge in [-0.25, -0.2) is 0 Å². The zero-order chi connectivity index (χ0) is 24.5. The minimum Gasteiger partial charge on any atom is -0.198 e. The predicted octanol–water partition coefficient (Wildman–Crippen LogP) is 9.12. The minimum atomic E-state index is 0. The van der Waals surface area contributed by atoms with Gasteiger partial charge in [-0.15, -0.1) is 24.7 Å². The Bertz CT molecular complexity index is 655. The van der Waals surface area contributed by atoms with Crippen molar-refractivity contribution in [2.24, 2.45) is 23.7 Å². The van der Waals surface area contributed by atoms with E-state index in [0.717, 1.165) is 44.9 Å². The molecule has 4 atom stereocenters. The third-order valence-electron chi connectivity index (χ3n) is 5.35. The number of hydrogen-bond donors (Lipinski definition) is 0. The largest absolute Gasteiger partial charge is 0.198 e. The normalized spacial score (nSPS) is 14.2. The Morgan fingerprint density at radius 2 is 1.19 bits per heavy atom. The van der Waals surface area contributed by atoms with E-state index >= 15 is 0 Å². The molecule has 0 aliphatic heterocycles. The van der Waals surface area contributed by atoms with Crippen LogP contribution in [0.25, 0.3) is 0 Å². The second kappa shape index (κ2) is 24.8. The Kier molecular flexibility index (Phi) is 24.7. The SMILES string of the molecule is C#CC(CCC=CCC)CC(C)C#N.C#CC(CCC=CCCCCCC)CC(C)C#N.[HH].[HH]. The summed E-state index contributed by atoms with van der Waals surface area (Å²) in [5.74, 6) is 6.22. The van der Waals surface area contributed by atoms with Gasteiger partial charge in [0.1, 0.15) is 0 Å². The molecular weight excluding hydrogens is 388 g/mol. The lowest BCUT2D eigenvalue weighted by molar-refractivity contribution is 0.503. The molecule has 2 nitrogen and oxygen atoms in total.